The number of carboxylic acid groups (broad SMARTS) is 1. The van der Waals surface area contributed by atoms with Crippen LogP contribution in [0.4, 0.5) is 5.69 Å². The summed E-state index contributed by atoms with van der Waals surface area (Å²) in [6, 6.07) is 5.84. The van der Waals surface area contributed by atoms with E-state index in [0.717, 1.165) is 0 Å². The molecule has 1 aromatic carbocycles. The van der Waals surface area contributed by atoms with E-state index in [1.807, 2.05) is 0 Å². The van der Waals surface area contributed by atoms with Crippen molar-refractivity contribution in [1.29, 1.82) is 0 Å². The first-order chi connectivity index (χ1) is 5.75. The molecule has 0 radical (unpaired) electrons. The molecule has 0 spiro atoms. The zero-order valence-corrected chi connectivity index (χ0v) is 5.97. The molecule has 0 saturated carbocycles. The van der Waals surface area contributed by atoms with Gasteiger partial charge in [-0.25, -0.2) is 0 Å². The highest BCUT2D eigenvalue weighted by molar-refractivity contribution is 5.91. The summed E-state index contributed by atoms with van der Waals surface area (Å²) in [6.45, 7) is 0. The van der Waals surface area contributed by atoms with Gasteiger partial charge in [0.2, 0.25) is 0 Å². The monoisotopic (exact) mass is 162 g/mol. The average molecular weight is 162 g/mol. The van der Waals surface area contributed by atoms with Crippen LogP contribution in [0.15, 0.2) is 29.4 Å². The third-order valence-corrected chi connectivity index (χ3v) is 1.28. The molecular weight excluding hydrogens is 158 g/mol. The van der Waals surface area contributed by atoms with E-state index < -0.39 is 5.97 Å². The Kier molecular flexibility index (Phi) is 2.30. The van der Waals surface area contributed by atoms with Gasteiger partial charge in [0.05, 0.1) is 5.97 Å². The molecule has 1 aromatic rings. The van der Waals surface area contributed by atoms with Crippen LogP contribution in [-0.4, -0.2) is 5.97 Å². The summed E-state index contributed by atoms with van der Waals surface area (Å²) >= 11 is 0. The number of hydrogen-bond donors (Lipinski definition) is 0. The molecule has 0 aliphatic rings. The topological polar surface area (TPSA) is 88.9 Å². The fraction of sp³-hybridized carbons (Fsp3) is 0. The van der Waals surface area contributed by atoms with E-state index in [2.05, 4.69) is 10.0 Å². The molecule has 0 atom stereocenters. The molecule has 60 valence electrons. The predicted molar refractivity (Wildman–Crippen MR) is 39.6 cm³/mol. The lowest BCUT2D eigenvalue weighted by Crippen LogP contribution is -2.22. The molecule has 5 heteroatoms. The van der Waals surface area contributed by atoms with Crippen LogP contribution in [0.5, 0.6) is 0 Å². The Bertz CT molecular complexity index is 334. The van der Waals surface area contributed by atoms with Crippen molar-refractivity contribution < 1.29 is 9.90 Å². The van der Waals surface area contributed by atoms with Gasteiger partial charge < -0.3 is 9.90 Å². The first kappa shape index (κ1) is 8.10. The smallest absolute Gasteiger partial charge is 0.0719 e. The second-order valence-corrected chi connectivity index (χ2v) is 1.99. The van der Waals surface area contributed by atoms with Crippen molar-refractivity contribution >= 4 is 11.7 Å². The second kappa shape index (κ2) is 3.41. The number of azide groups is 1. The summed E-state index contributed by atoms with van der Waals surface area (Å²) in [7, 11) is 0. The quantitative estimate of drug-likeness (QED) is 0.368. The summed E-state index contributed by atoms with van der Waals surface area (Å²) < 4.78 is 0. The van der Waals surface area contributed by atoms with Crippen molar-refractivity contribution in [3.63, 3.8) is 0 Å². The predicted octanol–water partition coefficient (Wildman–Crippen LogP) is 0.992. The molecule has 0 N–H and O–H groups in total. The standard InChI is InChI=1S/C7H5N3O2/c8-10-9-6-4-2-1-3-5(6)7(11)12/h1-4H,(H,11,12)/p-1. The summed E-state index contributed by atoms with van der Waals surface area (Å²) in [5.74, 6) is -1.35. The van der Waals surface area contributed by atoms with Crippen LogP contribution in [0.3, 0.4) is 0 Å². The Morgan fingerprint density at radius 3 is 2.75 bits per heavy atom. The highest BCUT2D eigenvalue weighted by atomic mass is 16.4. The van der Waals surface area contributed by atoms with Crippen molar-refractivity contribution in [3.8, 4) is 0 Å². The number of carboxylic acids is 1. The van der Waals surface area contributed by atoms with E-state index in [1.165, 1.54) is 18.2 Å². The van der Waals surface area contributed by atoms with E-state index in [9.17, 15) is 9.90 Å². The van der Waals surface area contributed by atoms with Gasteiger partial charge in [-0.3, -0.25) is 0 Å². The van der Waals surface area contributed by atoms with E-state index in [1.54, 1.807) is 6.07 Å². The van der Waals surface area contributed by atoms with Crippen LogP contribution in [0.2, 0.25) is 0 Å². The van der Waals surface area contributed by atoms with E-state index in [4.69, 9.17) is 5.53 Å². The number of carbonyl (C=O) groups excluding carboxylic acids is 1. The molecule has 0 aromatic heterocycles. The lowest BCUT2D eigenvalue weighted by atomic mass is 10.2. The molecule has 0 bridgehead atoms. The molecule has 0 amide bonds. The average Bonchev–Trinajstić information content (AvgIpc) is 2.05. The SMILES string of the molecule is [N-]=[N+]=Nc1ccccc1C(=O)[O-]. The molecule has 0 aliphatic carbocycles. The fourth-order valence-electron chi connectivity index (χ4n) is 0.782. The summed E-state index contributed by atoms with van der Waals surface area (Å²) in [4.78, 5) is 12.9. The third kappa shape index (κ3) is 1.53. The lowest BCUT2D eigenvalue weighted by molar-refractivity contribution is -0.254. The first-order valence-electron chi connectivity index (χ1n) is 3.11. The van der Waals surface area contributed by atoms with Gasteiger partial charge in [0, 0.05) is 16.2 Å². The molecule has 1 rings (SSSR count). The van der Waals surface area contributed by atoms with Gasteiger partial charge >= 0.3 is 0 Å². The molecule has 0 fully saturated rings. The van der Waals surface area contributed by atoms with Gasteiger partial charge in [-0.1, -0.05) is 29.4 Å². The summed E-state index contributed by atoms with van der Waals surface area (Å²) in [5.41, 5.74) is 8.04. The first-order valence-corrected chi connectivity index (χ1v) is 3.11. The van der Waals surface area contributed by atoms with Gasteiger partial charge in [0.15, 0.2) is 0 Å². The van der Waals surface area contributed by atoms with Crippen molar-refractivity contribution in [1.82, 2.24) is 0 Å². The summed E-state index contributed by atoms with van der Waals surface area (Å²) in [5, 5.41) is 13.6. The van der Waals surface area contributed by atoms with E-state index in [-0.39, 0.29) is 11.3 Å². The largest absolute Gasteiger partial charge is 0.545 e. The highest BCUT2D eigenvalue weighted by Crippen LogP contribution is 2.17. The Hall–Kier alpha value is -2.00. The molecule has 0 heterocycles. The minimum Gasteiger partial charge on any atom is -0.545 e. The van der Waals surface area contributed by atoms with Crippen molar-refractivity contribution in [3.05, 3.63) is 40.3 Å². The highest BCUT2D eigenvalue weighted by Gasteiger charge is 1.98. The number of nitrogens with zero attached hydrogens (tertiary/aromatic N) is 3. The van der Waals surface area contributed by atoms with Gasteiger partial charge in [0.25, 0.3) is 0 Å². The molecule has 5 nitrogen and oxygen atoms in total. The van der Waals surface area contributed by atoms with E-state index in [0.29, 0.717) is 0 Å². The maximum atomic E-state index is 10.4. The molecular formula is C7H4N3O2-. The van der Waals surface area contributed by atoms with Gasteiger partial charge in [0.1, 0.15) is 0 Å². The van der Waals surface area contributed by atoms with Crippen LogP contribution in [0.1, 0.15) is 10.4 Å². The Morgan fingerprint density at radius 1 is 1.50 bits per heavy atom. The number of carbonyl (C=O) groups is 1. The molecule has 12 heavy (non-hydrogen) atoms. The maximum Gasteiger partial charge on any atom is 0.0719 e. The minimum atomic E-state index is -1.35. The second-order valence-electron chi connectivity index (χ2n) is 1.99. The minimum absolute atomic E-state index is 0.0694. The molecule has 0 aliphatic heterocycles. The van der Waals surface area contributed by atoms with Crippen LogP contribution in [0, 0.1) is 0 Å². The Labute approximate surface area is 67.9 Å². The number of rotatable bonds is 2. The molecule has 0 saturated heterocycles. The number of benzene rings is 1. The maximum absolute atomic E-state index is 10.4. The lowest BCUT2D eigenvalue weighted by Gasteiger charge is -2.03. The van der Waals surface area contributed by atoms with Gasteiger partial charge in [-0.05, 0) is 5.53 Å². The molecule has 0 unspecified atom stereocenters. The van der Waals surface area contributed by atoms with Crippen molar-refractivity contribution in [2.24, 2.45) is 5.11 Å². The summed E-state index contributed by atoms with van der Waals surface area (Å²) in [6.07, 6.45) is 0. The number of hydrogen-bond acceptors (Lipinski definition) is 3. The van der Waals surface area contributed by atoms with Gasteiger partial charge in [-0.15, -0.1) is 0 Å². The van der Waals surface area contributed by atoms with E-state index >= 15 is 0 Å². The van der Waals surface area contributed by atoms with Crippen LogP contribution >= 0.6 is 0 Å². The normalized spacial score (nSPS) is 8.67. The van der Waals surface area contributed by atoms with Crippen LogP contribution < -0.4 is 5.11 Å². The zero-order chi connectivity index (χ0) is 8.97. The van der Waals surface area contributed by atoms with Crippen LogP contribution in [0.25, 0.3) is 10.4 Å². The third-order valence-electron chi connectivity index (χ3n) is 1.28. The van der Waals surface area contributed by atoms with Gasteiger partial charge in [-0.2, -0.15) is 0 Å². The zero-order valence-electron chi connectivity index (χ0n) is 5.97. The van der Waals surface area contributed by atoms with Crippen LogP contribution in [-0.2, 0) is 0 Å². The Balaban J connectivity index is 3.26. The van der Waals surface area contributed by atoms with Crippen molar-refractivity contribution in [2.75, 3.05) is 0 Å². The Morgan fingerprint density at radius 2 is 2.17 bits per heavy atom. The number of aromatic carboxylic acids is 1. The van der Waals surface area contributed by atoms with Crippen molar-refractivity contribution in [2.45, 2.75) is 0 Å². The fourth-order valence-corrected chi connectivity index (χ4v) is 0.782.